The van der Waals surface area contributed by atoms with Crippen LogP contribution in [-0.2, 0) is 6.42 Å². The molecule has 2 heterocycles. The zero-order chi connectivity index (χ0) is 15.2. The fourth-order valence-electron chi connectivity index (χ4n) is 1.96. The number of carbonyl (C=O) groups excluding carboxylic acids is 1. The molecule has 0 radical (unpaired) electrons. The Morgan fingerprint density at radius 3 is 2.76 bits per heavy atom. The number of aromatic nitrogens is 2. The number of nitrogens with zero attached hydrogens (tertiary/aromatic N) is 2. The fraction of sp³-hybridized carbons (Fsp3) is 0.312. The Hall–Kier alpha value is -2.43. The van der Waals surface area contributed by atoms with Crippen molar-refractivity contribution in [1.29, 1.82) is 0 Å². The van der Waals surface area contributed by atoms with Crippen LogP contribution in [0.15, 0.2) is 30.6 Å². The first kappa shape index (κ1) is 15.0. The van der Waals surface area contributed by atoms with Crippen LogP contribution in [0.5, 0.6) is 0 Å². The van der Waals surface area contributed by atoms with Gasteiger partial charge in [0.15, 0.2) is 0 Å². The quantitative estimate of drug-likeness (QED) is 0.885. The lowest BCUT2D eigenvalue weighted by atomic mass is 10.1. The molecule has 5 heteroatoms. The van der Waals surface area contributed by atoms with Gasteiger partial charge in [-0.3, -0.25) is 9.78 Å². The van der Waals surface area contributed by atoms with E-state index in [1.54, 1.807) is 18.5 Å². The Morgan fingerprint density at radius 2 is 2.10 bits per heavy atom. The van der Waals surface area contributed by atoms with Crippen molar-refractivity contribution in [1.82, 2.24) is 9.97 Å². The van der Waals surface area contributed by atoms with E-state index >= 15 is 0 Å². The first-order valence-electron chi connectivity index (χ1n) is 7.10. The third kappa shape index (κ3) is 3.78. The highest BCUT2D eigenvalue weighted by Gasteiger charge is 2.11. The number of rotatable bonds is 5. The van der Waals surface area contributed by atoms with Crippen molar-refractivity contribution in [3.05, 3.63) is 47.4 Å². The summed E-state index contributed by atoms with van der Waals surface area (Å²) < 4.78 is 0. The molecule has 0 spiro atoms. The first-order valence-corrected chi connectivity index (χ1v) is 7.10. The summed E-state index contributed by atoms with van der Waals surface area (Å²) in [5.74, 6) is 0.576. The summed E-state index contributed by atoms with van der Waals surface area (Å²) in [6.07, 6.45) is 4.14. The van der Waals surface area contributed by atoms with E-state index < -0.39 is 0 Å². The van der Waals surface area contributed by atoms with Crippen LogP contribution < -0.4 is 10.6 Å². The van der Waals surface area contributed by atoms with Crippen LogP contribution in [0.2, 0.25) is 0 Å². The van der Waals surface area contributed by atoms with Crippen LogP contribution in [0.4, 0.5) is 11.5 Å². The number of aryl methyl sites for hydroxylation is 2. The maximum Gasteiger partial charge on any atom is 0.255 e. The van der Waals surface area contributed by atoms with Crippen molar-refractivity contribution < 1.29 is 4.79 Å². The van der Waals surface area contributed by atoms with Crippen LogP contribution >= 0.6 is 0 Å². The van der Waals surface area contributed by atoms with E-state index in [0.29, 0.717) is 5.56 Å². The topological polar surface area (TPSA) is 66.9 Å². The number of hydrogen-bond donors (Lipinski definition) is 2. The Labute approximate surface area is 124 Å². The Morgan fingerprint density at radius 1 is 1.29 bits per heavy atom. The smallest absolute Gasteiger partial charge is 0.255 e. The van der Waals surface area contributed by atoms with Gasteiger partial charge in [-0.1, -0.05) is 6.92 Å². The van der Waals surface area contributed by atoms with Gasteiger partial charge in [0.2, 0.25) is 0 Å². The number of anilines is 2. The van der Waals surface area contributed by atoms with Crippen LogP contribution in [-0.4, -0.2) is 22.4 Å². The van der Waals surface area contributed by atoms with E-state index in [1.165, 1.54) is 0 Å². The van der Waals surface area contributed by atoms with Crippen LogP contribution in [0.3, 0.4) is 0 Å². The van der Waals surface area contributed by atoms with Gasteiger partial charge in [-0.05, 0) is 44.0 Å². The molecule has 2 aromatic heterocycles. The summed E-state index contributed by atoms with van der Waals surface area (Å²) in [5, 5.41) is 6.04. The molecule has 2 rings (SSSR count). The van der Waals surface area contributed by atoms with Crippen LogP contribution in [0.1, 0.15) is 35.5 Å². The van der Waals surface area contributed by atoms with Gasteiger partial charge in [0, 0.05) is 24.0 Å². The molecule has 0 bridgehead atoms. The van der Waals surface area contributed by atoms with Crippen molar-refractivity contribution >= 4 is 17.4 Å². The maximum atomic E-state index is 12.4. The average Bonchev–Trinajstić information content (AvgIpc) is 2.49. The molecule has 0 aliphatic heterocycles. The van der Waals surface area contributed by atoms with Gasteiger partial charge in [-0.15, -0.1) is 0 Å². The van der Waals surface area contributed by atoms with Crippen LogP contribution in [0, 0.1) is 6.92 Å². The fourth-order valence-corrected chi connectivity index (χ4v) is 1.96. The lowest BCUT2D eigenvalue weighted by Gasteiger charge is -2.10. The number of hydrogen-bond acceptors (Lipinski definition) is 4. The molecular formula is C16H20N4O. The monoisotopic (exact) mass is 284 g/mol. The number of pyridine rings is 2. The van der Waals surface area contributed by atoms with Gasteiger partial charge in [0.1, 0.15) is 5.82 Å². The van der Waals surface area contributed by atoms with E-state index in [0.717, 1.165) is 35.7 Å². The molecule has 2 N–H and O–H groups in total. The highest BCUT2D eigenvalue weighted by atomic mass is 16.1. The second-order valence-corrected chi connectivity index (χ2v) is 4.76. The average molecular weight is 284 g/mol. The molecule has 5 nitrogen and oxygen atoms in total. The normalized spacial score (nSPS) is 10.2. The molecule has 0 fully saturated rings. The standard InChI is InChI=1S/C16H20N4O/c1-4-13-8-12(9-15(19-13)18-5-2)16(21)20-14-10-17-7-6-11(14)3/h6-10H,4-5H2,1-3H3,(H,18,19)(H,20,21). The number of carbonyl (C=O) groups is 1. The third-order valence-electron chi connectivity index (χ3n) is 3.15. The van der Waals surface area contributed by atoms with Crippen molar-refractivity contribution in [3.63, 3.8) is 0 Å². The maximum absolute atomic E-state index is 12.4. The molecule has 21 heavy (non-hydrogen) atoms. The van der Waals surface area contributed by atoms with Crippen molar-refractivity contribution in [3.8, 4) is 0 Å². The zero-order valence-corrected chi connectivity index (χ0v) is 12.6. The molecule has 0 saturated heterocycles. The second kappa shape index (κ2) is 6.83. The summed E-state index contributed by atoms with van der Waals surface area (Å²) in [4.78, 5) is 20.9. The molecule has 0 aliphatic carbocycles. The summed E-state index contributed by atoms with van der Waals surface area (Å²) in [7, 11) is 0. The van der Waals surface area contributed by atoms with Gasteiger partial charge in [-0.2, -0.15) is 0 Å². The molecule has 0 saturated carbocycles. The van der Waals surface area contributed by atoms with Crippen molar-refractivity contribution in [2.24, 2.45) is 0 Å². The number of amides is 1. The van der Waals surface area contributed by atoms with Crippen molar-refractivity contribution in [2.45, 2.75) is 27.2 Å². The molecule has 0 aliphatic rings. The first-order chi connectivity index (χ1) is 10.1. The van der Waals surface area contributed by atoms with Gasteiger partial charge in [-0.25, -0.2) is 4.98 Å². The van der Waals surface area contributed by atoms with Crippen LogP contribution in [0.25, 0.3) is 0 Å². The number of nitrogens with one attached hydrogen (secondary N) is 2. The molecule has 0 atom stereocenters. The molecular weight excluding hydrogens is 264 g/mol. The van der Waals surface area contributed by atoms with E-state index in [-0.39, 0.29) is 5.91 Å². The van der Waals surface area contributed by atoms with Gasteiger partial charge in [0.25, 0.3) is 5.91 Å². The predicted molar refractivity (Wildman–Crippen MR) is 84.7 cm³/mol. The minimum Gasteiger partial charge on any atom is -0.370 e. The summed E-state index contributed by atoms with van der Waals surface area (Å²) in [6.45, 7) is 6.72. The molecule has 110 valence electrons. The van der Waals surface area contributed by atoms with E-state index in [2.05, 4.69) is 20.6 Å². The summed E-state index contributed by atoms with van der Waals surface area (Å²) in [5.41, 5.74) is 3.19. The Bertz CT molecular complexity index is 640. The lowest BCUT2D eigenvalue weighted by molar-refractivity contribution is 0.102. The third-order valence-corrected chi connectivity index (χ3v) is 3.15. The van der Waals surface area contributed by atoms with Gasteiger partial charge >= 0.3 is 0 Å². The second-order valence-electron chi connectivity index (χ2n) is 4.76. The van der Waals surface area contributed by atoms with Gasteiger partial charge < -0.3 is 10.6 Å². The Kier molecular flexibility index (Phi) is 4.87. The molecule has 2 aromatic rings. The summed E-state index contributed by atoms with van der Waals surface area (Å²) >= 11 is 0. The molecule has 1 amide bonds. The minimum absolute atomic E-state index is 0.151. The zero-order valence-electron chi connectivity index (χ0n) is 12.6. The van der Waals surface area contributed by atoms with Crippen molar-refractivity contribution in [2.75, 3.05) is 17.2 Å². The van der Waals surface area contributed by atoms with Gasteiger partial charge in [0.05, 0.1) is 11.9 Å². The Balaban J connectivity index is 2.26. The largest absolute Gasteiger partial charge is 0.370 e. The highest BCUT2D eigenvalue weighted by Crippen LogP contribution is 2.16. The van der Waals surface area contributed by atoms with E-state index in [9.17, 15) is 4.79 Å². The van der Waals surface area contributed by atoms with E-state index in [1.807, 2.05) is 32.9 Å². The molecule has 0 unspecified atom stereocenters. The minimum atomic E-state index is -0.151. The highest BCUT2D eigenvalue weighted by molar-refractivity contribution is 6.05. The summed E-state index contributed by atoms with van der Waals surface area (Å²) in [6, 6.07) is 5.45. The SMILES string of the molecule is CCNc1cc(C(=O)Nc2cnccc2C)cc(CC)n1. The van der Waals surface area contributed by atoms with E-state index in [4.69, 9.17) is 0 Å². The molecule has 0 aromatic carbocycles. The lowest BCUT2D eigenvalue weighted by Crippen LogP contribution is -2.14. The predicted octanol–water partition coefficient (Wildman–Crippen LogP) is 3.03.